The molecule has 14 heteroatoms. The number of hydrogen-bond donors (Lipinski definition) is 3. The van der Waals surface area contributed by atoms with Crippen molar-refractivity contribution in [1.29, 1.82) is 0 Å². The van der Waals surface area contributed by atoms with Crippen LogP contribution < -0.4 is 0 Å². The molecule has 0 amide bonds. The molecule has 3 N–H and O–H groups in total. The van der Waals surface area contributed by atoms with Gasteiger partial charge in [0, 0.05) is 5.92 Å². The highest BCUT2D eigenvalue weighted by atomic mass is 16.8. The Morgan fingerprint density at radius 3 is 2.55 bits per heavy atom. The fraction of sp³-hybridized carbons (Fsp3) is 0.893. The molecule has 5 unspecified atom stereocenters. The average Bonchev–Trinajstić information content (AvgIpc) is 3.67. The highest BCUT2D eigenvalue weighted by Crippen LogP contribution is 2.84. The zero-order chi connectivity index (χ0) is 30.2. The summed E-state index contributed by atoms with van der Waals surface area (Å²) in [5, 5.41) is 35.0. The predicted octanol–water partition coefficient (Wildman–Crippen LogP) is -0.957. The van der Waals surface area contributed by atoms with E-state index in [4.69, 9.17) is 33.2 Å². The molecule has 2 spiro atoms. The van der Waals surface area contributed by atoms with Crippen LogP contribution >= 0.6 is 0 Å². The molecule has 0 radical (unpaired) electrons. The third-order valence-corrected chi connectivity index (χ3v) is 10.9. The number of rotatable bonds is 12. The largest absolute Gasteiger partial charge is 0.467 e. The van der Waals surface area contributed by atoms with Crippen molar-refractivity contribution in [3.63, 3.8) is 0 Å². The number of aliphatic hydroxyl groups excluding tert-OH is 2. The molecule has 2 aliphatic carbocycles. The molecule has 0 aromatic heterocycles. The lowest BCUT2D eigenvalue weighted by Gasteiger charge is -2.47. The third kappa shape index (κ3) is 3.30. The fourth-order valence-corrected chi connectivity index (χ4v) is 9.44. The van der Waals surface area contributed by atoms with Gasteiger partial charge in [-0.25, -0.2) is 14.4 Å². The van der Waals surface area contributed by atoms with Gasteiger partial charge in [0.15, 0.2) is 12.4 Å². The van der Waals surface area contributed by atoms with Crippen LogP contribution in [0.15, 0.2) is 0 Å². The first-order chi connectivity index (χ1) is 20.0. The van der Waals surface area contributed by atoms with Crippen LogP contribution in [0.4, 0.5) is 0 Å². The number of carbonyl (C=O) groups is 3. The van der Waals surface area contributed by atoms with Gasteiger partial charge in [0.25, 0.3) is 0 Å². The topological polar surface area (TPSA) is 186 Å². The molecule has 6 rings (SSSR count). The first-order valence-corrected chi connectivity index (χ1v) is 14.7. The van der Waals surface area contributed by atoms with Crippen LogP contribution in [0.3, 0.4) is 0 Å². The second-order valence-electron chi connectivity index (χ2n) is 12.4. The maximum atomic E-state index is 13.9. The minimum absolute atomic E-state index is 0.0226. The molecule has 2 saturated carbocycles. The monoisotopic (exact) mass is 600 g/mol. The number of aliphatic hydroxyl groups is 3. The standard InChI is InChI=1S/C28H40O14/c1-5-6-13(2)15-11-16-26-18(30)19-27(34,14(3)21(31)40-19)28(26,23(33)39-16)42-24-25(15,26)20(22(32)41-24)38-10-9-36-7-8-37-12-17(29)35-4/h13-16,18-21,24,30-31,34H,5-12H2,1-4H3/t13?,14?,15-,16?,18-,19-,20-,21?,24-,25?,26-,27+,28+/m0/s1. The molecule has 0 aromatic carbocycles. The Kier molecular flexibility index (Phi) is 7.41. The Bertz CT molecular complexity index is 1120. The van der Waals surface area contributed by atoms with E-state index < -0.39 is 82.9 Å². The fourth-order valence-electron chi connectivity index (χ4n) is 9.44. The van der Waals surface area contributed by atoms with E-state index in [-0.39, 0.29) is 44.9 Å². The minimum atomic E-state index is -2.16. The number of methoxy groups -OCH3 is 1. The summed E-state index contributed by atoms with van der Waals surface area (Å²) in [6.07, 6.45) is -5.97. The van der Waals surface area contributed by atoms with Crippen molar-refractivity contribution in [2.24, 2.45) is 28.6 Å². The van der Waals surface area contributed by atoms with Gasteiger partial charge < -0.3 is 53.2 Å². The lowest BCUT2D eigenvalue weighted by molar-refractivity contribution is -0.239. The van der Waals surface area contributed by atoms with Crippen molar-refractivity contribution in [2.45, 2.75) is 88.2 Å². The van der Waals surface area contributed by atoms with Gasteiger partial charge in [-0.3, -0.25) is 0 Å². The first kappa shape index (κ1) is 30.1. The summed E-state index contributed by atoms with van der Waals surface area (Å²) in [6, 6.07) is 0. The molecular formula is C28H40O14. The number of hydrogen-bond acceptors (Lipinski definition) is 14. The van der Waals surface area contributed by atoms with Crippen molar-refractivity contribution in [3.05, 3.63) is 0 Å². The number of carbonyl (C=O) groups excluding carboxylic acids is 3. The summed E-state index contributed by atoms with van der Waals surface area (Å²) in [5.74, 6) is -3.50. The van der Waals surface area contributed by atoms with Gasteiger partial charge in [0.05, 0.1) is 50.5 Å². The van der Waals surface area contributed by atoms with Crippen LogP contribution in [0.1, 0.15) is 40.0 Å². The summed E-state index contributed by atoms with van der Waals surface area (Å²) in [6.45, 7) is 5.72. The molecular weight excluding hydrogens is 560 g/mol. The maximum absolute atomic E-state index is 13.9. The second kappa shape index (κ2) is 10.3. The maximum Gasteiger partial charge on any atom is 0.342 e. The van der Waals surface area contributed by atoms with Gasteiger partial charge in [-0.15, -0.1) is 0 Å². The van der Waals surface area contributed by atoms with E-state index in [1.807, 2.05) is 13.8 Å². The van der Waals surface area contributed by atoms with E-state index >= 15 is 0 Å². The molecule has 13 atom stereocenters. The minimum Gasteiger partial charge on any atom is -0.467 e. The van der Waals surface area contributed by atoms with Gasteiger partial charge in [-0.1, -0.05) is 33.6 Å². The van der Waals surface area contributed by atoms with Crippen molar-refractivity contribution in [2.75, 3.05) is 40.1 Å². The van der Waals surface area contributed by atoms with Crippen LogP contribution in [0.2, 0.25) is 0 Å². The molecule has 4 aliphatic heterocycles. The highest BCUT2D eigenvalue weighted by molar-refractivity contribution is 5.91. The van der Waals surface area contributed by atoms with Crippen molar-refractivity contribution in [1.82, 2.24) is 0 Å². The second-order valence-corrected chi connectivity index (χ2v) is 12.4. The predicted molar refractivity (Wildman–Crippen MR) is 135 cm³/mol. The van der Waals surface area contributed by atoms with E-state index in [2.05, 4.69) is 4.74 Å². The van der Waals surface area contributed by atoms with E-state index in [0.717, 1.165) is 12.8 Å². The normalized spacial score (nSPS) is 48.5. The highest BCUT2D eigenvalue weighted by Gasteiger charge is 3.03. The van der Waals surface area contributed by atoms with Gasteiger partial charge in [-0.2, -0.15) is 0 Å². The molecule has 42 heavy (non-hydrogen) atoms. The summed E-state index contributed by atoms with van der Waals surface area (Å²) < 4.78 is 45.3. The van der Waals surface area contributed by atoms with Crippen LogP contribution in [0.5, 0.6) is 0 Å². The van der Waals surface area contributed by atoms with Crippen molar-refractivity contribution >= 4 is 17.9 Å². The van der Waals surface area contributed by atoms with E-state index in [9.17, 15) is 29.7 Å². The molecule has 14 nitrogen and oxygen atoms in total. The van der Waals surface area contributed by atoms with E-state index in [0.29, 0.717) is 6.42 Å². The smallest absolute Gasteiger partial charge is 0.342 e. The first-order valence-electron chi connectivity index (χ1n) is 14.7. The molecule has 0 bridgehead atoms. The summed E-state index contributed by atoms with van der Waals surface area (Å²) in [4.78, 5) is 38.5. The molecule has 6 aliphatic rings. The zero-order valence-corrected chi connectivity index (χ0v) is 24.2. The molecule has 0 aromatic rings. The quantitative estimate of drug-likeness (QED) is 0.141. The van der Waals surface area contributed by atoms with E-state index in [1.165, 1.54) is 14.0 Å². The summed E-state index contributed by atoms with van der Waals surface area (Å²) in [7, 11) is 1.26. The Morgan fingerprint density at radius 1 is 1.12 bits per heavy atom. The summed E-state index contributed by atoms with van der Waals surface area (Å²) >= 11 is 0. The Balaban J connectivity index is 1.33. The van der Waals surface area contributed by atoms with Crippen molar-refractivity contribution < 1.29 is 67.6 Å². The van der Waals surface area contributed by atoms with Crippen molar-refractivity contribution in [3.8, 4) is 0 Å². The zero-order valence-electron chi connectivity index (χ0n) is 24.2. The van der Waals surface area contributed by atoms with E-state index in [1.54, 1.807) is 0 Å². The van der Waals surface area contributed by atoms with Crippen LogP contribution in [-0.2, 0) is 52.3 Å². The van der Waals surface area contributed by atoms with Crippen LogP contribution in [-0.4, -0.2) is 122 Å². The molecule has 4 heterocycles. The van der Waals surface area contributed by atoms with Gasteiger partial charge in [0.1, 0.15) is 24.4 Å². The van der Waals surface area contributed by atoms with Crippen LogP contribution in [0, 0.1) is 28.6 Å². The molecule has 4 saturated heterocycles. The number of ether oxygens (including phenoxy) is 8. The summed E-state index contributed by atoms with van der Waals surface area (Å²) in [5.41, 5.74) is -7.39. The Labute approximate surface area is 242 Å². The SMILES string of the molecule is CCCC(C)[C@@H]1CC2OC(=O)[C@@]34O[C@@H]5OC(=O)[C@H](OCCOCCOCC(=O)OC)C51[C@@]23[C@@H](O)[C@@H]1OC(O)C(C)[C@@]14O. The Hall–Kier alpha value is -1.91. The number of fused-ring (bicyclic) bond motifs is 1. The van der Waals surface area contributed by atoms with Gasteiger partial charge in [0.2, 0.25) is 11.9 Å². The third-order valence-electron chi connectivity index (χ3n) is 10.9. The lowest BCUT2D eigenvalue weighted by Crippen LogP contribution is -2.67. The van der Waals surface area contributed by atoms with Crippen LogP contribution in [0.25, 0.3) is 0 Å². The van der Waals surface area contributed by atoms with Gasteiger partial charge in [-0.05, 0) is 18.3 Å². The molecule has 236 valence electrons. The average molecular weight is 601 g/mol. The number of esters is 3. The Morgan fingerprint density at radius 2 is 1.83 bits per heavy atom. The molecule has 6 fully saturated rings. The lowest BCUT2D eigenvalue weighted by atomic mass is 9.52. The van der Waals surface area contributed by atoms with Gasteiger partial charge >= 0.3 is 17.9 Å².